The first-order valence-corrected chi connectivity index (χ1v) is 9.45. The number of carbonyl (C=O) groups excluding carboxylic acids is 1. The van der Waals surface area contributed by atoms with E-state index in [1.54, 1.807) is 25.1 Å². The van der Waals surface area contributed by atoms with Gasteiger partial charge in [-0.25, -0.2) is 4.68 Å². The van der Waals surface area contributed by atoms with E-state index in [1.165, 1.54) is 16.3 Å². The fourth-order valence-electron chi connectivity index (χ4n) is 3.09. The lowest BCUT2D eigenvalue weighted by Gasteiger charge is -2.15. The van der Waals surface area contributed by atoms with Crippen molar-refractivity contribution in [2.75, 3.05) is 12.1 Å². The monoisotopic (exact) mass is 391 g/mol. The molecule has 29 heavy (non-hydrogen) atoms. The van der Waals surface area contributed by atoms with E-state index in [4.69, 9.17) is 9.47 Å². The molecule has 7 heteroatoms. The summed E-state index contributed by atoms with van der Waals surface area (Å²) in [5, 5.41) is 7.24. The standard InChI is InChI=1S/C22H21N3O4/c1-3-15-4-7-17(8-5-15)23-22(27)14(2)25-21(26)11-9-18(24-25)16-6-10-19-20(12-16)29-13-28-19/h4-12,14H,3,13H2,1-2H3,(H,23,27). The molecule has 148 valence electrons. The Bertz CT molecular complexity index is 1110. The molecule has 1 atom stereocenters. The third kappa shape index (κ3) is 3.85. The van der Waals surface area contributed by atoms with Crippen molar-refractivity contribution in [3.63, 3.8) is 0 Å². The van der Waals surface area contributed by atoms with E-state index >= 15 is 0 Å². The molecular formula is C22H21N3O4. The molecule has 2 aromatic carbocycles. The number of ether oxygens (including phenoxy) is 2. The van der Waals surface area contributed by atoms with Gasteiger partial charge < -0.3 is 14.8 Å². The zero-order chi connectivity index (χ0) is 20.4. The van der Waals surface area contributed by atoms with Crippen molar-refractivity contribution in [2.24, 2.45) is 0 Å². The molecule has 0 saturated carbocycles. The lowest BCUT2D eigenvalue weighted by atomic mass is 10.1. The number of fused-ring (bicyclic) bond motifs is 1. The van der Waals surface area contributed by atoms with Gasteiger partial charge in [0.05, 0.1) is 5.69 Å². The topological polar surface area (TPSA) is 82.5 Å². The normalized spacial score (nSPS) is 13.2. The van der Waals surface area contributed by atoms with Gasteiger partial charge in [-0.2, -0.15) is 5.10 Å². The maximum absolute atomic E-state index is 12.7. The van der Waals surface area contributed by atoms with Gasteiger partial charge >= 0.3 is 0 Å². The third-order valence-electron chi connectivity index (χ3n) is 4.87. The van der Waals surface area contributed by atoms with E-state index in [-0.39, 0.29) is 18.3 Å². The highest BCUT2D eigenvalue weighted by Crippen LogP contribution is 2.35. The van der Waals surface area contributed by atoms with Crippen LogP contribution < -0.4 is 20.3 Å². The van der Waals surface area contributed by atoms with Crippen LogP contribution in [0, 0.1) is 0 Å². The highest BCUT2D eigenvalue weighted by atomic mass is 16.7. The number of aryl methyl sites for hydroxylation is 1. The molecule has 1 N–H and O–H groups in total. The minimum Gasteiger partial charge on any atom is -0.454 e. The van der Waals surface area contributed by atoms with Crippen molar-refractivity contribution in [2.45, 2.75) is 26.3 Å². The molecule has 0 fully saturated rings. The first kappa shape index (κ1) is 18.7. The number of amides is 1. The second-order valence-corrected chi connectivity index (χ2v) is 6.79. The predicted molar refractivity (Wildman–Crippen MR) is 109 cm³/mol. The quantitative estimate of drug-likeness (QED) is 0.721. The molecule has 0 radical (unpaired) electrons. The number of hydrogen-bond acceptors (Lipinski definition) is 5. The Morgan fingerprint density at radius 2 is 1.86 bits per heavy atom. The van der Waals surface area contributed by atoms with Crippen molar-refractivity contribution in [3.05, 3.63) is 70.5 Å². The summed E-state index contributed by atoms with van der Waals surface area (Å²) >= 11 is 0. The van der Waals surface area contributed by atoms with E-state index in [9.17, 15) is 9.59 Å². The van der Waals surface area contributed by atoms with Gasteiger partial charge in [-0.15, -0.1) is 0 Å². The van der Waals surface area contributed by atoms with Crippen LogP contribution in [0.1, 0.15) is 25.5 Å². The van der Waals surface area contributed by atoms with Crippen molar-refractivity contribution >= 4 is 11.6 Å². The molecule has 0 spiro atoms. The van der Waals surface area contributed by atoms with Gasteiger partial charge in [-0.3, -0.25) is 9.59 Å². The smallest absolute Gasteiger partial charge is 0.267 e. The maximum Gasteiger partial charge on any atom is 0.267 e. The van der Waals surface area contributed by atoms with Gasteiger partial charge in [0.1, 0.15) is 6.04 Å². The molecule has 4 rings (SSSR count). The van der Waals surface area contributed by atoms with Crippen LogP contribution in [-0.2, 0) is 11.2 Å². The summed E-state index contributed by atoms with van der Waals surface area (Å²) in [6.45, 7) is 3.90. The van der Waals surface area contributed by atoms with Crippen LogP contribution in [0.3, 0.4) is 0 Å². The molecule has 1 aliphatic heterocycles. The highest BCUT2D eigenvalue weighted by Gasteiger charge is 2.19. The first-order chi connectivity index (χ1) is 14.0. The number of aromatic nitrogens is 2. The lowest BCUT2D eigenvalue weighted by molar-refractivity contribution is -0.119. The van der Waals surface area contributed by atoms with E-state index < -0.39 is 6.04 Å². The van der Waals surface area contributed by atoms with E-state index in [0.29, 0.717) is 22.9 Å². The third-order valence-corrected chi connectivity index (χ3v) is 4.87. The number of nitrogens with one attached hydrogen (secondary N) is 1. The molecule has 3 aromatic rings. The molecular weight excluding hydrogens is 370 g/mol. The molecule has 0 bridgehead atoms. The molecule has 0 saturated heterocycles. The number of rotatable bonds is 5. The second-order valence-electron chi connectivity index (χ2n) is 6.79. The lowest BCUT2D eigenvalue weighted by Crippen LogP contribution is -2.33. The van der Waals surface area contributed by atoms with Gasteiger partial charge in [-0.05, 0) is 55.3 Å². The molecule has 7 nitrogen and oxygen atoms in total. The van der Waals surface area contributed by atoms with Crippen molar-refractivity contribution < 1.29 is 14.3 Å². The predicted octanol–water partition coefficient (Wildman–Crippen LogP) is 3.40. The zero-order valence-electron chi connectivity index (χ0n) is 16.2. The number of nitrogens with zero attached hydrogens (tertiary/aromatic N) is 2. The summed E-state index contributed by atoms with van der Waals surface area (Å²) in [6, 6.07) is 15.3. The molecule has 1 unspecified atom stereocenters. The fourth-order valence-corrected chi connectivity index (χ4v) is 3.09. The van der Waals surface area contributed by atoms with E-state index in [0.717, 1.165) is 12.0 Å². The second kappa shape index (κ2) is 7.79. The molecule has 0 aliphatic carbocycles. The largest absolute Gasteiger partial charge is 0.454 e. The molecule has 2 heterocycles. The van der Waals surface area contributed by atoms with Gasteiger partial charge in [0.25, 0.3) is 5.56 Å². The van der Waals surface area contributed by atoms with Gasteiger partial charge in [0.2, 0.25) is 12.7 Å². The number of carbonyl (C=O) groups is 1. The van der Waals surface area contributed by atoms with Crippen molar-refractivity contribution in [3.8, 4) is 22.8 Å². The number of hydrogen-bond donors (Lipinski definition) is 1. The van der Waals surface area contributed by atoms with Crippen LogP contribution in [0.5, 0.6) is 11.5 Å². The summed E-state index contributed by atoms with van der Waals surface area (Å²) in [7, 11) is 0. The van der Waals surface area contributed by atoms with Crippen LogP contribution in [-0.4, -0.2) is 22.5 Å². The molecule has 1 aromatic heterocycles. The minimum absolute atomic E-state index is 0.183. The summed E-state index contributed by atoms with van der Waals surface area (Å²) in [5.74, 6) is 0.985. The van der Waals surface area contributed by atoms with E-state index in [1.807, 2.05) is 30.3 Å². The average Bonchev–Trinajstić information content (AvgIpc) is 3.22. The average molecular weight is 391 g/mol. The Kier molecular flexibility index (Phi) is 5.03. The Morgan fingerprint density at radius 1 is 1.10 bits per heavy atom. The Balaban J connectivity index is 1.57. The van der Waals surface area contributed by atoms with E-state index in [2.05, 4.69) is 17.3 Å². The van der Waals surface area contributed by atoms with Crippen molar-refractivity contribution in [1.82, 2.24) is 9.78 Å². The van der Waals surface area contributed by atoms with Gasteiger partial charge in [0, 0.05) is 17.3 Å². The van der Waals surface area contributed by atoms with Crippen LogP contribution in [0.25, 0.3) is 11.3 Å². The number of benzene rings is 2. The Labute approximate surface area is 167 Å². The van der Waals surface area contributed by atoms with Crippen LogP contribution >= 0.6 is 0 Å². The highest BCUT2D eigenvalue weighted by molar-refractivity contribution is 5.93. The Hall–Kier alpha value is -3.61. The number of anilines is 1. The Morgan fingerprint density at radius 3 is 2.62 bits per heavy atom. The maximum atomic E-state index is 12.7. The summed E-state index contributed by atoms with van der Waals surface area (Å²) in [4.78, 5) is 25.0. The fraction of sp³-hybridized carbons (Fsp3) is 0.227. The van der Waals surface area contributed by atoms with Crippen LogP contribution in [0.15, 0.2) is 59.4 Å². The van der Waals surface area contributed by atoms with Crippen LogP contribution in [0.4, 0.5) is 5.69 Å². The minimum atomic E-state index is -0.776. The summed E-state index contributed by atoms with van der Waals surface area (Å²) < 4.78 is 11.9. The summed E-state index contributed by atoms with van der Waals surface area (Å²) in [5.41, 5.74) is 2.85. The SMILES string of the molecule is CCc1ccc(NC(=O)C(C)n2nc(-c3ccc4c(c3)OCO4)ccc2=O)cc1. The first-order valence-electron chi connectivity index (χ1n) is 9.45. The zero-order valence-corrected chi connectivity index (χ0v) is 16.2. The molecule has 1 aliphatic rings. The van der Waals surface area contributed by atoms with Gasteiger partial charge in [-0.1, -0.05) is 19.1 Å². The van der Waals surface area contributed by atoms with Gasteiger partial charge in [0.15, 0.2) is 11.5 Å². The van der Waals surface area contributed by atoms with Crippen LogP contribution in [0.2, 0.25) is 0 Å². The van der Waals surface area contributed by atoms with Crippen molar-refractivity contribution in [1.29, 1.82) is 0 Å². The summed E-state index contributed by atoms with van der Waals surface area (Å²) in [6.07, 6.45) is 0.927. The molecule has 1 amide bonds.